The molecule has 1 aromatic heterocycles. The molecule has 0 radical (unpaired) electrons. The number of carboxylic acids is 1. The molecule has 0 amide bonds. The Bertz CT molecular complexity index is 778. The highest BCUT2D eigenvalue weighted by Crippen LogP contribution is 2.11. The van der Waals surface area contributed by atoms with Gasteiger partial charge in [0.25, 0.3) is 0 Å². The zero-order chi connectivity index (χ0) is 16.1. The molecule has 0 bridgehead atoms. The van der Waals surface area contributed by atoms with E-state index in [9.17, 15) is 4.79 Å². The van der Waals surface area contributed by atoms with E-state index in [1.54, 1.807) is 6.07 Å². The van der Waals surface area contributed by atoms with Gasteiger partial charge in [-0.15, -0.1) is 0 Å². The lowest BCUT2D eigenvalue weighted by Crippen LogP contribution is -2.01. The van der Waals surface area contributed by atoms with Gasteiger partial charge in [0.15, 0.2) is 5.69 Å². The van der Waals surface area contributed by atoms with E-state index < -0.39 is 5.97 Å². The van der Waals surface area contributed by atoms with Crippen LogP contribution >= 0.6 is 0 Å². The minimum absolute atomic E-state index is 0.0265. The maximum Gasteiger partial charge on any atom is 0.356 e. The first-order valence-electron chi connectivity index (χ1n) is 6.74. The Kier molecular flexibility index (Phi) is 4.68. The number of hydrogen-bond acceptors (Lipinski definition) is 4. The van der Waals surface area contributed by atoms with Crippen molar-refractivity contribution in [3.05, 3.63) is 65.5 Å². The largest absolute Gasteiger partial charge is 0.476 e. The van der Waals surface area contributed by atoms with Gasteiger partial charge in [0, 0.05) is 5.69 Å². The average molecular weight is 295 g/mol. The van der Waals surface area contributed by atoms with Crippen LogP contribution in [0.25, 0.3) is 11.0 Å². The first kappa shape index (κ1) is 15.4. The van der Waals surface area contributed by atoms with Gasteiger partial charge in [-0.05, 0) is 43.7 Å². The van der Waals surface area contributed by atoms with Gasteiger partial charge in [0.2, 0.25) is 0 Å². The van der Waals surface area contributed by atoms with Crippen molar-refractivity contribution in [1.29, 1.82) is 0 Å². The number of nitrogens with two attached hydrogens (primary N) is 1. The van der Waals surface area contributed by atoms with Crippen LogP contribution in [0.4, 0.5) is 5.69 Å². The zero-order valence-electron chi connectivity index (χ0n) is 12.4. The summed E-state index contributed by atoms with van der Waals surface area (Å²) in [4.78, 5) is 18.6. The zero-order valence-corrected chi connectivity index (χ0v) is 12.4. The van der Waals surface area contributed by atoms with E-state index in [0.29, 0.717) is 5.52 Å². The van der Waals surface area contributed by atoms with Gasteiger partial charge in [0.05, 0.1) is 17.2 Å². The van der Waals surface area contributed by atoms with E-state index in [1.807, 2.05) is 50.2 Å². The second-order valence-corrected chi connectivity index (χ2v) is 4.96. The molecular formula is C17H17N3O2. The van der Waals surface area contributed by atoms with Crippen LogP contribution in [-0.2, 0) is 0 Å². The maximum atomic E-state index is 10.6. The Labute approximate surface area is 128 Å². The van der Waals surface area contributed by atoms with E-state index in [1.165, 1.54) is 11.8 Å². The molecule has 2 aromatic carbocycles. The van der Waals surface area contributed by atoms with Gasteiger partial charge < -0.3 is 10.8 Å². The van der Waals surface area contributed by atoms with Crippen molar-refractivity contribution in [3.8, 4) is 0 Å². The number of aromatic nitrogens is 2. The van der Waals surface area contributed by atoms with Crippen LogP contribution in [0.15, 0.2) is 48.7 Å². The molecule has 0 aliphatic rings. The van der Waals surface area contributed by atoms with Crippen LogP contribution in [0.2, 0.25) is 0 Å². The molecule has 5 nitrogen and oxygen atoms in total. The van der Waals surface area contributed by atoms with Crippen LogP contribution in [0.5, 0.6) is 0 Å². The SMILES string of the molecule is Cc1ccc(N)cc1.Cc1ccc2nc(C(=O)O)cnc2c1. The predicted octanol–water partition coefficient (Wildman–Crippen LogP) is 3.21. The Balaban J connectivity index is 0.000000188. The first-order valence-corrected chi connectivity index (χ1v) is 6.74. The highest BCUT2D eigenvalue weighted by atomic mass is 16.4. The molecule has 112 valence electrons. The summed E-state index contributed by atoms with van der Waals surface area (Å²) >= 11 is 0. The van der Waals surface area contributed by atoms with E-state index in [-0.39, 0.29) is 5.69 Å². The molecule has 0 fully saturated rings. The molecule has 3 aromatic rings. The van der Waals surface area contributed by atoms with Crippen LogP contribution < -0.4 is 5.73 Å². The number of carboxylic acid groups (broad SMARTS) is 1. The molecule has 22 heavy (non-hydrogen) atoms. The molecule has 0 spiro atoms. The van der Waals surface area contributed by atoms with E-state index in [2.05, 4.69) is 9.97 Å². The molecule has 0 atom stereocenters. The van der Waals surface area contributed by atoms with E-state index in [4.69, 9.17) is 10.8 Å². The minimum Gasteiger partial charge on any atom is -0.476 e. The third-order valence-electron chi connectivity index (χ3n) is 2.99. The van der Waals surface area contributed by atoms with Gasteiger partial charge >= 0.3 is 5.97 Å². The van der Waals surface area contributed by atoms with Gasteiger partial charge in [0.1, 0.15) is 0 Å². The lowest BCUT2D eigenvalue weighted by Gasteiger charge is -1.98. The number of carbonyl (C=O) groups is 1. The smallest absolute Gasteiger partial charge is 0.356 e. The van der Waals surface area contributed by atoms with Crippen LogP contribution in [-0.4, -0.2) is 21.0 Å². The second-order valence-electron chi connectivity index (χ2n) is 4.96. The third-order valence-corrected chi connectivity index (χ3v) is 2.99. The fraction of sp³-hybridized carbons (Fsp3) is 0.118. The van der Waals surface area contributed by atoms with Crippen molar-refractivity contribution in [2.24, 2.45) is 0 Å². The monoisotopic (exact) mass is 295 g/mol. The number of fused-ring (bicyclic) bond motifs is 1. The first-order chi connectivity index (χ1) is 10.5. The molecule has 0 aliphatic carbocycles. The minimum atomic E-state index is -1.06. The molecule has 0 saturated carbocycles. The Morgan fingerprint density at radius 2 is 1.64 bits per heavy atom. The molecule has 5 heteroatoms. The number of aryl methyl sites for hydroxylation is 2. The van der Waals surface area contributed by atoms with Gasteiger partial charge in [-0.2, -0.15) is 0 Å². The predicted molar refractivity (Wildman–Crippen MR) is 86.8 cm³/mol. The fourth-order valence-electron chi connectivity index (χ4n) is 1.79. The van der Waals surface area contributed by atoms with Crippen molar-refractivity contribution in [2.45, 2.75) is 13.8 Å². The summed E-state index contributed by atoms with van der Waals surface area (Å²) in [5.41, 5.74) is 9.88. The number of nitrogens with zero attached hydrogens (tertiary/aromatic N) is 2. The number of aromatic carboxylic acids is 1. The molecular weight excluding hydrogens is 278 g/mol. The van der Waals surface area contributed by atoms with Crippen LogP contribution in [0, 0.1) is 13.8 Å². The van der Waals surface area contributed by atoms with E-state index in [0.717, 1.165) is 16.8 Å². The standard InChI is InChI=1S/C10H8N2O2.C7H9N/c1-6-2-3-7-8(4-6)11-5-9(12-7)10(13)14;1-6-2-4-7(8)5-3-6/h2-5H,1H3,(H,13,14);2-5H,8H2,1H3. The summed E-state index contributed by atoms with van der Waals surface area (Å²) < 4.78 is 0. The summed E-state index contributed by atoms with van der Waals surface area (Å²) in [6.45, 7) is 3.99. The average Bonchev–Trinajstić information content (AvgIpc) is 2.50. The number of hydrogen-bond donors (Lipinski definition) is 2. The van der Waals surface area contributed by atoms with Crippen molar-refractivity contribution < 1.29 is 9.90 Å². The van der Waals surface area contributed by atoms with Crippen molar-refractivity contribution >= 4 is 22.7 Å². The Morgan fingerprint density at radius 1 is 1.00 bits per heavy atom. The lowest BCUT2D eigenvalue weighted by atomic mass is 10.2. The van der Waals surface area contributed by atoms with Gasteiger partial charge in [-0.1, -0.05) is 23.8 Å². The van der Waals surface area contributed by atoms with Crippen molar-refractivity contribution in [1.82, 2.24) is 9.97 Å². The quantitative estimate of drug-likeness (QED) is 0.673. The summed E-state index contributed by atoms with van der Waals surface area (Å²) in [6, 6.07) is 13.3. The second kappa shape index (κ2) is 6.67. The summed E-state index contributed by atoms with van der Waals surface area (Å²) in [7, 11) is 0. The van der Waals surface area contributed by atoms with Crippen molar-refractivity contribution in [3.63, 3.8) is 0 Å². The summed E-state index contributed by atoms with van der Waals surface area (Å²) in [5, 5.41) is 8.70. The molecule has 0 saturated heterocycles. The topological polar surface area (TPSA) is 89.1 Å². The molecule has 0 unspecified atom stereocenters. The lowest BCUT2D eigenvalue weighted by molar-refractivity contribution is 0.0690. The van der Waals surface area contributed by atoms with Crippen LogP contribution in [0.1, 0.15) is 21.6 Å². The number of benzene rings is 2. The van der Waals surface area contributed by atoms with E-state index >= 15 is 0 Å². The summed E-state index contributed by atoms with van der Waals surface area (Å²) in [5.74, 6) is -1.06. The molecule has 3 rings (SSSR count). The van der Waals surface area contributed by atoms with Gasteiger partial charge in [-0.3, -0.25) is 4.98 Å². The molecule has 0 aliphatic heterocycles. The number of rotatable bonds is 1. The normalized spacial score (nSPS) is 9.91. The fourth-order valence-corrected chi connectivity index (χ4v) is 1.79. The van der Waals surface area contributed by atoms with Gasteiger partial charge in [-0.25, -0.2) is 9.78 Å². The number of anilines is 1. The highest BCUT2D eigenvalue weighted by Gasteiger charge is 2.05. The third kappa shape index (κ3) is 4.02. The Hall–Kier alpha value is -2.95. The summed E-state index contributed by atoms with van der Waals surface area (Å²) in [6.07, 6.45) is 1.27. The Morgan fingerprint density at radius 3 is 2.23 bits per heavy atom. The highest BCUT2D eigenvalue weighted by molar-refractivity contribution is 5.87. The molecule has 1 heterocycles. The molecule has 3 N–H and O–H groups in total. The number of nitrogen functional groups attached to an aromatic ring is 1. The van der Waals surface area contributed by atoms with Crippen molar-refractivity contribution in [2.75, 3.05) is 5.73 Å². The van der Waals surface area contributed by atoms with Crippen LogP contribution in [0.3, 0.4) is 0 Å². The maximum absolute atomic E-state index is 10.6.